The van der Waals surface area contributed by atoms with E-state index in [0.717, 1.165) is 37.6 Å². The molecule has 2 heterocycles. The van der Waals surface area contributed by atoms with Gasteiger partial charge < -0.3 is 10.6 Å². The first-order chi connectivity index (χ1) is 7.34. The summed E-state index contributed by atoms with van der Waals surface area (Å²) < 4.78 is 0. The molecule has 0 bridgehead atoms. The van der Waals surface area contributed by atoms with E-state index in [1.54, 1.807) is 0 Å². The minimum absolute atomic E-state index is 0.915. The lowest BCUT2D eigenvalue weighted by Crippen LogP contribution is -2.23. The van der Waals surface area contributed by atoms with Crippen molar-refractivity contribution in [3.05, 3.63) is 35.5 Å². The van der Waals surface area contributed by atoms with Crippen LogP contribution in [0.3, 0.4) is 0 Å². The molecule has 3 heteroatoms. The van der Waals surface area contributed by atoms with Gasteiger partial charge in [0.05, 0.1) is 0 Å². The predicted molar refractivity (Wildman–Crippen MR) is 63.0 cm³/mol. The first-order valence-corrected chi connectivity index (χ1v) is 5.41. The number of hydrogen-bond acceptors (Lipinski definition) is 3. The van der Waals surface area contributed by atoms with Crippen molar-refractivity contribution in [2.45, 2.75) is 13.3 Å². The Labute approximate surface area is 90.6 Å². The van der Waals surface area contributed by atoms with Gasteiger partial charge in [0.2, 0.25) is 0 Å². The van der Waals surface area contributed by atoms with E-state index < -0.39 is 0 Å². The van der Waals surface area contributed by atoms with Crippen molar-refractivity contribution in [3.63, 3.8) is 0 Å². The number of hydrogen-bond donors (Lipinski definition) is 2. The van der Waals surface area contributed by atoms with Crippen LogP contribution < -0.4 is 10.6 Å². The van der Waals surface area contributed by atoms with Crippen LogP contribution in [0.25, 0.3) is 0 Å². The molecular weight excluding hydrogens is 186 g/mol. The summed E-state index contributed by atoms with van der Waals surface area (Å²) in [6, 6.07) is 6.05. The third-order valence-electron chi connectivity index (χ3n) is 2.54. The minimum atomic E-state index is 0.915. The second-order valence-corrected chi connectivity index (χ2v) is 3.83. The van der Waals surface area contributed by atoms with Gasteiger partial charge >= 0.3 is 0 Å². The molecule has 0 aromatic carbocycles. The molecule has 80 valence electrons. The van der Waals surface area contributed by atoms with Gasteiger partial charge in [-0.3, -0.25) is 0 Å². The molecule has 2 rings (SSSR count). The zero-order valence-electron chi connectivity index (χ0n) is 9.09. The van der Waals surface area contributed by atoms with Crippen LogP contribution in [0.5, 0.6) is 0 Å². The maximum atomic E-state index is 4.40. The molecule has 0 amide bonds. The van der Waals surface area contributed by atoms with E-state index in [-0.39, 0.29) is 0 Å². The van der Waals surface area contributed by atoms with Crippen molar-refractivity contribution < 1.29 is 0 Å². The minimum Gasteiger partial charge on any atom is -0.366 e. The number of aromatic nitrogens is 1. The first kappa shape index (κ1) is 10.2. The molecule has 1 aliphatic rings. The predicted octanol–water partition coefficient (Wildman–Crippen LogP) is 1.72. The number of rotatable bonds is 3. The second kappa shape index (κ2) is 4.94. The van der Waals surface area contributed by atoms with Gasteiger partial charge in [0.1, 0.15) is 5.82 Å². The average molecular weight is 203 g/mol. The Hall–Kier alpha value is -1.35. The third-order valence-corrected chi connectivity index (χ3v) is 2.54. The molecule has 0 radical (unpaired) electrons. The molecule has 0 spiro atoms. The van der Waals surface area contributed by atoms with Crippen molar-refractivity contribution >= 4 is 5.82 Å². The summed E-state index contributed by atoms with van der Waals surface area (Å²) in [6.07, 6.45) is 3.39. The normalized spacial score (nSPS) is 15.9. The highest BCUT2D eigenvalue weighted by atomic mass is 15.0. The highest BCUT2D eigenvalue weighted by Crippen LogP contribution is 2.08. The van der Waals surface area contributed by atoms with Crippen molar-refractivity contribution in [2.24, 2.45) is 0 Å². The zero-order chi connectivity index (χ0) is 10.5. The molecular formula is C12H17N3. The fraction of sp³-hybridized carbons (Fsp3) is 0.417. The summed E-state index contributed by atoms with van der Waals surface area (Å²) in [5.74, 6) is 0.967. The van der Waals surface area contributed by atoms with Crippen LogP contribution in [0.4, 0.5) is 5.82 Å². The molecule has 0 saturated carbocycles. The lowest BCUT2D eigenvalue weighted by Gasteiger charge is -2.14. The molecule has 0 fully saturated rings. The van der Waals surface area contributed by atoms with Crippen molar-refractivity contribution in [1.29, 1.82) is 0 Å². The molecule has 0 aliphatic carbocycles. The van der Waals surface area contributed by atoms with Gasteiger partial charge in [-0.1, -0.05) is 17.7 Å². The molecule has 0 unspecified atom stereocenters. The Kier molecular flexibility index (Phi) is 3.35. The molecule has 15 heavy (non-hydrogen) atoms. The van der Waals surface area contributed by atoms with E-state index in [4.69, 9.17) is 0 Å². The average Bonchev–Trinajstić information content (AvgIpc) is 2.28. The number of pyridine rings is 1. The van der Waals surface area contributed by atoms with E-state index in [2.05, 4.69) is 21.7 Å². The third kappa shape index (κ3) is 3.06. The molecule has 1 aromatic rings. The Morgan fingerprint density at radius 2 is 2.40 bits per heavy atom. The molecule has 0 saturated heterocycles. The van der Waals surface area contributed by atoms with Crippen LogP contribution in [-0.4, -0.2) is 24.6 Å². The van der Waals surface area contributed by atoms with E-state index in [1.165, 1.54) is 5.57 Å². The lowest BCUT2D eigenvalue weighted by atomic mass is 10.1. The van der Waals surface area contributed by atoms with Crippen LogP contribution in [0.1, 0.15) is 12.1 Å². The Balaban J connectivity index is 1.90. The van der Waals surface area contributed by atoms with Crippen molar-refractivity contribution in [2.75, 3.05) is 25.0 Å². The highest BCUT2D eigenvalue weighted by molar-refractivity contribution is 5.37. The van der Waals surface area contributed by atoms with Gasteiger partial charge in [-0.15, -0.1) is 0 Å². The van der Waals surface area contributed by atoms with Gasteiger partial charge in [-0.2, -0.15) is 0 Å². The summed E-state index contributed by atoms with van der Waals surface area (Å²) in [7, 11) is 0. The van der Waals surface area contributed by atoms with Gasteiger partial charge in [0.25, 0.3) is 0 Å². The fourth-order valence-electron chi connectivity index (χ4n) is 1.68. The van der Waals surface area contributed by atoms with Gasteiger partial charge in [-0.05, 0) is 32.0 Å². The molecule has 0 atom stereocenters. The molecule has 1 aliphatic heterocycles. The topological polar surface area (TPSA) is 37.0 Å². The summed E-state index contributed by atoms with van der Waals surface area (Å²) in [5, 5.41) is 6.65. The van der Waals surface area contributed by atoms with Gasteiger partial charge in [0, 0.05) is 18.8 Å². The number of nitrogens with zero attached hydrogens (tertiary/aromatic N) is 1. The monoisotopic (exact) mass is 203 g/mol. The Morgan fingerprint density at radius 3 is 3.13 bits per heavy atom. The van der Waals surface area contributed by atoms with E-state index >= 15 is 0 Å². The van der Waals surface area contributed by atoms with E-state index in [9.17, 15) is 0 Å². The molecule has 3 nitrogen and oxygen atoms in total. The molecule has 1 aromatic heterocycles. The van der Waals surface area contributed by atoms with E-state index in [1.807, 2.05) is 25.1 Å². The van der Waals surface area contributed by atoms with E-state index in [0.29, 0.717) is 0 Å². The van der Waals surface area contributed by atoms with Crippen LogP contribution >= 0.6 is 0 Å². The summed E-state index contributed by atoms with van der Waals surface area (Å²) in [5.41, 5.74) is 2.52. The van der Waals surface area contributed by atoms with Crippen LogP contribution in [0.2, 0.25) is 0 Å². The van der Waals surface area contributed by atoms with Gasteiger partial charge in [-0.25, -0.2) is 4.98 Å². The van der Waals surface area contributed by atoms with Gasteiger partial charge in [0.15, 0.2) is 0 Å². The highest BCUT2D eigenvalue weighted by Gasteiger charge is 2.02. The van der Waals surface area contributed by atoms with Crippen molar-refractivity contribution in [3.8, 4) is 0 Å². The van der Waals surface area contributed by atoms with Crippen LogP contribution in [0, 0.1) is 6.92 Å². The van der Waals surface area contributed by atoms with Crippen LogP contribution in [-0.2, 0) is 0 Å². The summed E-state index contributed by atoms with van der Waals surface area (Å²) in [6.45, 7) is 5.01. The second-order valence-electron chi connectivity index (χ2n) is 3.83. The molecule has 2 N–H and O–H groups in total. The lowest BCUT2D eigenvalue weighted by molar-refractivity contribution is 0.697. The van der Waals surface area contributed by atoms with Crippen LogP contribution in [0.15, 0.2) is 29.8 Å². The number of anilines is 1. The Bertz CT molecular complexity index is 358. The number of nitrogens with one attached hydrogen (secondary N) is 2. The summed E-state index contributed by atoms with van der Waals surface area (Å²) >= 11 is 0. The number of aryl methyl sites for hydroxylation is 1. The maximum Gasteiger partial charge on any atom is 0.126 e. The fourth-order valence-corrected chi connectivity index (χ4v) is 1.68. The summed E-state index contributed by atoms with van der Waals surface area (Å²) in [4.78, 5) is 4.40. The Morgan fingerprint density at radius 1 is 1.47 bits per heavy atom. The largest absolute Gasteiger partial charge is 0.366 e. The zero-order valence-corrected chi connectivity index (χ0v) is 9.09. The smallest absolute Gasteiger partial charge is 0.126 e. The standard InChI is InChI=1S/C12H17N3/c1-10-3-2-4-12(15-10)14-9-11-5-7-13-8-6-11/h2-5,13H,6-9H2,1H3,(H,14,15). The van der Waals surface area contributed by atoms with Crippen molar-refractivity contribution in [1.82, 2.24) is 10.3 Å². The first-order valence-electron chi connectivity index (χ1n) is 5.41. The SMILES string of the molecule is Cc1cccc(NCC2=CCNCC2)n1. The maximum absolute atomic E-state index is 4.40. The quantitative estimate of drug-likeness (QED) is 0.734.